The minimum absolute atomic E-state index is 0.114. The fraction of sp³-hybridized carbons (Fsp3) is 0.381. The molecular weight excluding hydrogens is 409 g/mol. The second kappa shape index (κ2) is 7.69. The number of hydrogen-bond acceptors (Lipinski definition) is 7. The highest BCUT2D eigenvalue weighted by atomic mass is 19.1. The Hall–Kier alpha value is -3.40. The van der Waals surface area contributed by atoms with Crippen LogP contribution in [0.3, 0.4) is 0 Å². The Labute approximate surface area is 176 Å². The van der Waals surface area contributed by atoms with Crippen molar-refractivity contribution in [2.24, 2.45) is 0 Å². The van der Waals surface area contributed by atoms with Gasteiger partial charge in [0.15, 0.2) is 6.10 Å². The number of hydrogen-bond donors (Lipinski definition) is 1. The Morgan fingerprint density at radius 1 is 1.39 bits per heavy atom. The zero-order chi connectivity index (χ0) is 21.5. The van der Waals surface area contributed by atoms with Crippen molar-refractivity contribution in [2.45, 2.75) is 25.0 Å². The van der Waals surface area contributed by atoms with E-state index in [0.29, 0.717) is 43.1 Å². The predicted molar refractivity (Wildman–Crippen MR) is 105 cm³/mol. The van der Waals surface area contributed by atoms with Crippen LogP contribution in [0.25, 0.3) is 5.57 Å². The summed E-state index contributed by atoms with van der Waals surface area (Å²) < 4.78 is 30.7. The Kier molecular flexibility index (Phi) is 4.85. The van der Waals surface area contributed by atoms with E-state index in [1.807, 2.05) is 0 Å². The van der Waals surface area contributed by atoms with Crippen molar-refractivity contribution in [1.29, 1.82) is 0 Å². The van der Waals surface area contributed by atoms with Gasteiger partial charge in [-0.15, -0.1) is 0 Å². The molecule has 0 saturated carbocycles. The van der Waals surface area contributed by atoms with Crippen LogP contribution in [0.4, 0.5) is 14.9 Å². The highest BCUT2D eigenvalue weighted by molar-refractivity contribution is 5.94. The van der Waals surface area contributed by atoms with Crippen LogP contribution in [0.5, 0.6) is 5.88 Å². The van der Waals surface area contributed by atoms with Gasteiger partial charge in [0, 0.05) is 24.7 Å². The Morgan fingerprint density at radius 2 is 2.26 bits per heavy atom. The fourth-order valence-electron chi connectivity index (χ4n) is 4.36. The van der Waals surface area contributed by atoms with Crippen molar-refractivity contribution in [2.75, 3.05) is 31.2 Å². The molecule has 3 aliphatic rings. The number of aromatic nitrogens is 1. The molecule has 1 saturated heterocycles. The van der Waals surface area contributed by atoms with E-state index < -0.39 is 24.6 Å². The van der Waals surface area contributed by atoms with Gasteiger partial charge < -0.3 is 24.0 Å². The number of aliphatic hydroxyl groups is 1. The summed E-state index contributed by atoms with van der Waals surface area (Å²) in [6.07, 6.45) is 3.15. The van der Waals surface area contributed by atoms with Crippen molar-refractivity contribution >= 4 is 23.3 Å². The van der Waals surface area contributed by atoms with Gasteiger partial charge in [0.05, 0.1) is 11.7 Å². The number of anilines is 1. The maximum atomic E-state index is 15.0. The summed E-state index contributed by atoms with van der Waals surface area (Å²) in [5.74, 6) is -0.471. The predicted octanol–water partition coefficient (Wildman–Crippen LogP) is 1.75. The van der Waals surface area contributed by atoms with Crippen molar-refractivity contribution in [3.8, 4) is 5.88 Å². The third kappa shape index (κ3) is 3.42. The number of aliphatic hydroxyl groups excluding tert-OH is 1. The molecule has 1 N–H and O–H groups in total. The first kappa shape index (κ1) is 19.6. The van der Waals surface area contributed by atoms with Crippen LogP contribution in [0, 0.1) is 5.82 Å². The first-order chi connectivity index (χ1) is 15.0. The Morgan fingerprint density at radius 3 is 2.97 bits per heavy atom. The van der Waals surface area contributed by atoms with Gasteiger partial charge in [-0.3, -0.25) is 9.69 Å². The van der Waals surface area contributed by atoms with E-state index in [-0.39, 0.29) is 18.6 Å². The number of rotatable bonds is 5. The largest absolute Gasteiger partial charge is 0.471 e. The molecule has 1 fully saturated rings. The molecule has 31 heavy (non-hydrogen) atoms. The summed E-state index contributed by atoms with van der Waals surface area (Å²) in [6.45, 7) is 0.325. The molecule has 3 aliphatic heterocycles. The zero-order valence-corrected chi connectivity index (χ0v) is 16.5. The molecule has 0 bridgehead atoms. The lowest BCUT2D eigenvalue weighted by Gasteiger charge is -2.26. The lowest BCUT2D eigenvalue weighted by molar-refractivity contribution is -0.133. The standard InChI is InChI=1S/C21H20FN3O6/c22-15-9-16-13(7-14(15)12-1-4-24(5-2-12)20(27)10-26)8-17-18(31-21(28)25(16)17)11-29-19-3-6-30-23-19/h1,3,6-7,9,17-18,26H,2,4-5,8,10-11H2/t17-,18-/m0/s1. The van der Waals surface area contributed by atoms with E-state index in [9.17, 15) is 14.0 Å². The van der Waals surface area contributed by atoms with Crippen LogP contribution < -0.4 is 9.64 Å². The number of fused-ring (bicyclic) bond motifs is 3. The zero-order valence-electron chi connectivity index (χ0n) is 16.5. The van der Waals surface area contributed by atoms with E-state index in [2.05, 4.69) is 5.16 Å². The van der Waals surface area contributed by atoms with Gasteiger partial charge in [-0.2, -0.15) is 0 Å². The normalized spacial score (nSPS) is 22.1. The topological polar surface area (TPSA) is 105 Å². The van der Waals surface area contributed by atoms with Gasteiger partial charge in [-0.25, -0.2) is 9.18 Å². The number of carbonyl (C=O) groups is 2. The summed E-state index contributed by atoms with van der Waals surface area (Å²) in [5.41, 5.74) is 2.65. The van der Waals surface area contributed by atoms with Gasteiger partial charge in [0.25, 0.3) is 5.88 Å². The van der Waals surface area contributed by atoms with Crippen molar-refractivity contribution in [3.05, 3.63) is 47.5 Å². The monoisotopic (exact) mass is 429 g/mol. The molecule has 0 unspecified atom stereocenters. The van der Waals surface area contributed by atoms with Gasteiger partial charge in [-0.1, -0.05) is 6.08 Å². The quantitative estimate of drug-likeness (QED) is 0.772. The molecule has 2 amide bonds. The lowest BCUT2D eigenvalue weighted by atomic mass is 9.95. The highest BCUT2D eigenvalue weighted by Gasteiger charge is 2.48. The molecular formula is C21H20FN3O6. The molecule has 0 radical (unpaired) electrons. The number of benzene rings is 1. The van der Waals surface area contributed by atoms with E-state index >= 15 is 0 Å². The maximum Gasteiger partial charge on any atom is 0.415 e. The van der Waals surface area contributed by atoms with Crippen molar-refractivity contribution in [3.63, 3.8) is 0 Å². The van der Waals surface area contributed by atoms with Gasteiger partial charge in [0.2, 0.25) is 5.91 Å². The van der Waals surface area contributed by atoms with Gasteiger partial charge in [-0.05, 0) is 41.3 Å². The molecule has 162 valence electrons. The number of cyclic esters (lactones) is 1. The molecule has 9 nitrogen and oxygen atoms in total. The number of amides is 2. The van der Waals surface area contributed by atoms with Crippen molar-refractivity contribution < 1.29 is 33.1 Å². The molecule has 2 aromatic rings. The first-order valence-corrected chi connectivity index (χ1v) is 9.98. The molecule has 0 aliphatic carbocycles. The molecule has 5 rings (SSSR count). The number of halogens is 1. The minimum atomic E-state index is -0.536. The molecule has 2 atom stereocenters. The lowest BCUT2D eigenvalue weighted by Crippen LogP contribution is -2.36. The second-order valence-corrected chi connectivity index (χ2v) is 7.65. The molecule has 0 spiro atoms. The third-order valence-corrected chi connectivity index (χ3v) is 5.92. The van der Waals surface area contributed by atoms with E-state index in [0.717, 1.165) is 11.1 Å². The molecule has 4 heterocycles. The summed E-state index contributed by atoms with van der Waals surface area (Å²) in [7, 11) is 0. The second-order valence-electron chi connectivity index (χ2n) is 7.65. The number of nitrogens with zero attached hydrogens (tertiary/aromatic N) is 3. The molecule has 1 aromatic heterocycles. The van der Waals surface area contributed by atoms with E-state index in [1.165, 1.54) is 22.1 Å². The van der Waals surface area contributed by atoms with Crippen LogP contribution in [0.15, 0.2) is 35.1 Å². The van der Waals surface area contributed by atoms with Crippen LogP contribution in [0.2, 0.25) is 0 Å². The van der Waals surface area contributed by atoms with Gasteiger partial charge in [0.1, 0.15) is 25.3 Å². The summed E-state index contributed by atoms with van der Waals surface area (Å²) in [6, 6.07) is 4.43. The number of ether oxygens (including phenoxy) is 2. The van der Waals surface area contributed by atoms with Crippen LogP contribution >= 0.6 is 0 Å². The fourth-order valence-corrected chi connectivity index (χ4v) is 4.36. The maximum absolute atomic E-state index is 15.0. The minimum Gasteiger partial charge on any atom is -0.471 e. The first-order valence-electron chi connectivity index (χ1n) is 9.98. The molecule has 1 aromatic carbocycles. The van der Waals surface area contributed by atoms with Crippen molar-refractivity contribution in [1.82, 2.24) is 10.1 Å². The van der Waals surface area contributed by atoms with Crippen LogP contribution in [0.1, 0.15) is 17.5 Å². The van der Waals surface area contributed by atoms with Crippen LogP contribution in [-0.2, 0) is 16.0 Å². The SMILES string of the molecule is O=C(CO)N1CC=C(c2cc3c(cc2F)N2C(=O)O[C@@H](COc4ccon4)[C@@H]2C3)CC1. The Balaban J connectivity index is 1.35. The average Bonchev–Trinajstić information content (AvgIpc) is 3.49. The summed E-state index contributed by atoms with van der Waals surface area (Å²) in [5, 5.41) is 12.7. The molecule has 10 heteroatoms. The van der Waals surface area contributed by atoms with Gasteiger partial charge >= 0.3 is 6.09 Å². The third-order valence-electron chi connectivity index (χ3n) is 5.92. The summed E-state index contributed by atoms with van der Waals surface area (Å²) in [4.78, 5) is 27.1. The Bertz CT molecular complexity index is 1050. The highest BCUT2D eigenvalue weighted by Crippen LogP contribution is 2.41. The van der Waals surface area contributed by atoms with E-state index in [4.69, 9.17) is 19.1 Å². The average molecular weight is 429 g/mol. The number of carbonyl (C=O) groups excluding carboxylic acids is 2. The van der Waals surface area contributed by atoms with Crippen LogP contribution in [-0.4, -0.2) is 65.6 Å². The smallest absolute Gasteiger partial charge is 0.415 e. The summed E-state index contributed by atoms with van der Waals surface area (Å²) >= 11 is 0. The van der Waals surface area contributed by atoms with E-state index in [1.54, 1.807) is 18.2 Å².